The normalized spacial score (nSPS) is 13.5. The number of hydrogen-bond acceptors (Lipinski definition) is 5. The molecule has 7 nitrogen and oxygen atoms in total. The summed E-state index contributed by atoms with van der Waals surface area (Å²) in [6.07, 6.45) is 1.41. The summed E-state index contributed by atoms with van der Waals surface area (Å²) in [4.78, 5) is 29.0. The molecular formula is C23H26Cl2N4O3S. The molecule has 0 aromatic heterocycles. The molecule has 0 bridgehead atoms. The van der Waals surface area contributed by atoms with Crippen molar-refractivity contribution in [3.05, 3.63) is 52.0 Å². The fourth-order valence-electron chi connectivity index (χ4n) is 3.63. The molecule has 1 aliphatic rings. The lowest BCUT2D eigenvalue weighted by Crippen LogP contribution is -2.49. The minimum Gasteiger partial charge on any atom is -0.496 e. The summed E-state index contributed by atoms with van der Waals surface area (Å²) in [7, 11) is 1.48. The summed E-state index contributed by atoms with van der Waals surface area (Å²) >= 11 is 17.6. The Balaban J connectivity index is 1.70. The number of hydrogen-bond donors (Lipinski definition) is 2. The molecule has 0 atom stereocenters. The van der Waals surface area contributed by atoms with Gasteiger partial charge in [0.1, 0.15) is 5.75 Å². The third kappa shape index (κ3) is 6.50. The molecule has 10 heteroatoms. The number of methoxy groups -OCH3 is 1. The molecule has 0 saturated carbocycles. The first-order valence-corrected chi connectivity index (χ1v) is 11.8. The van der Waals surface area contributed by atoms with Gasteiger partial charge in [0.15, 0.2) is 5.11 Å². The van der Waals surface area contributed by atoms with E-state index in [0.717, 1.165) is 12.1 Å². The predicted molar refractivity (Wildman–Crippen MR) is 137 cm³/mol. The largest absolute Gasteiger partial charge is 0.496 e. The molecule has 1 saturated heterocycles. The van der Waals surface area contributed by atoms with Gasteiger partial charge in [-0.05, 0) is 55.0 Å². The lowest BCUT2D eigenvalue weighted by atomic mass is 10.2. The van der Waals surface area contributed by atoms with Crippen molar-refractivity contribution in [1.29, 1.82) is 0 Å². The highest BCUT2D eigenvalue weighted by molar-refractivity contribution is 7.80. The van der Waals surface area contributed by atoms with Crippen LogP contribution >= 0.6 is 35.4 Å². The molecule has 0 unspecified atom stereocenters. The first-order valence-electron chi connectivity index (χ1n) is 10.6. The van der Waals surface area contributed by atoms with Gasteiger partial charge in [-0.15, -0.1) is 0 Å². The van der Waals surface area contributed by atoms with Crippen LogP contribution in [-0.2, 0) is 4.79 Å². The van der Waals surface area contributed by atoms with Crippen LogP contribution in [0, 0.1) is 0 Å². The Bertz CT molecular complexity index is 1040. The molecular weight excluding hydrogens is 483 g/mol. The first kappa shape index (κ1) is 25.1. The van der Waals surface area contributed by atoms with E-state index < -0.39 is 5.91 Å². The van der Waals surface area contributed by atoms with Gasteiger partial charge in [0.2, 0.25) is 5.91 Å². The monoisotopic (exact) mass is 508 g/mol. The average molecular weight is 509 g/mol. The smallest absolute Gasteiger partial charge is 0.261 e. The maximum absolute atomic E-state index is 12.7. The second-order valence-electron chi connectivity index (χ2n) is 7.53. The van der Waals surface area contributed by atoms with Gasteiger partial charge in [-0.2, -0.15) is 0 Å². The lowest BCUT2D eigenvalue weighted by molar-refractivity contribution is -0.131. The van der Waals surface area contributed by atoms with Crippen molar-refractivity contribution in [3.8, 4) is 5.75 Å². The SMILES string of the molecule is CCCC(=O)N1CCN(c2ccc(Cl)cc2NC(=S)NC(=O)c2cc(Cl)ccc2OC)CC1. The second-order valence-corrected chi connectivity index (χ2v) is 8.81. The quantitative estimate of drug-likeness (QED) is 0.556. The van der Waals surface area contributed by atoms with Crippen LogP contribution in [0.2, 0.25) is 10.0 Å². The Labute approximate surface area is 209 Å². The van der Waals surface area contributed by atoms with Crippen LogP contribution in [0.15, 0.2) is 36.4 Å². The van der Waals surface area contributed by atoms with Crippen LogP contribution in [0.1, 0.15) is 30.1 Å². The van der Waals surface area contributed by atoms with Crippen molar-refractivity contribution in [3.63, 3.8) is 0 Å². The average Bonchev–Trinajstić information content (AvgIpc) is 2.79. The molecule has 1 aliphatic heterocycles. The summed E-state index contributed by atoms with van der Waals surface area (Å²) in [5.74, 6) is 0.129. The van der Waals surface area contributed by atoms with Crippen molar-refractivity contribution in [2.45, 2.75) is 19.8 Å². The predicted octanol–water partition coefficient (Wildman–Crippen LogP) is 4.58. The third-order valence-corrected chi connectivity index (χ3v) is 5.95. The molecule has 2 amide bonds. The number of halogens is 2. The minimum absolute atomic E-state index is 0.113. The van der Waals surface area contributed by atoms with Gasteiger partial charge in [0.05, 0.1) is 24.0 Å². The second kappa shape index (κ2) is 11.5. The molecule has 33 heavy (non-hydrogen) atoms. The van der Waals surface area contributed by atoms with Crippen molar-refractivity contribution >= 4 is 63.7 Å². The van der Waals surface area contributed by atoms with E-state index in [1.54, 1.807) is 24.3 Å². The Hall–Kier alpha value is -2.55. The molecule has 1 heterocycles. The first-order chi connectivity index (χ1) is 15.8. The Morgan fingerprint density at radius 2 is 1.73 bits per heavy atom. The number of carbonyl (C=O) groups excluding carboxylic acids is 2. The molecule has 0 radical (unpaired) electrons. The van der Waals surface area contributed by atoms with Crippen LogP contribution in [-0.4, -0.2) is 55.1 Å². The van der Waals surface area contributed by atoms with Crippen molar-refractivity contribution in [1.82, 2.24) is 10.2 Å². The zero-order valence-corrected chi connectivity index (χ0v) is 20.8. The third-order valence-electron chi connectivity index (χ3n) is 5.28. The van der Waals surface area contributed by atoms with E-state index in [4.69, 9.17) is 40.2 Å². The zero-order valence-electron chi connectivity index (χ0n) is 18.5. The van der Waals surface area contributed by atoms with Gasteiger partial charge in [-0.1, -0.05) is 30.1 Å². The van der Waals surface area contributed by atoms with Crippen molar-refractivity contribution in [2.24, 2.45) is 0 Å². The highest BCUT2D eigenvalue weighted by atomic mass is 35.5. The van der Waals surface area contributed by atoms with Crippen LogP contribution in [0.4, 0.5) is 11.4 Å². The fourth-order valence-corrected chi connectivity index (χ4v) is 4.18. The van der Waals surface area contributed by atoms with Gasteiger partial charge < -0.3 is 19.9 Å². The summed E-state index contributed by atoms with van der Waals surface area (Å²) in [5, 5.41) is 6.79. The molecule has 2 N–H and O–H groups in total. The summed E-state index contributed by atoms with van der Waals surface area (Å²) in [6, 6.07) is 10.2. The molecule has 0 spiro atoms. The maximum Gasteiger partial charge on any atom is 0.261 e. The molecule has 176 valence electrons. The van der Waals surface area contributed by atoms with E-state index in [-0.39, 0.29) is 16.6 Å². The number of ether oxygens (including phenoxy) is 1. The zero-order chi connectivity index (χ0) is 24.0. The van der Waals surface area contributed by atoms with E-state index in [2.05, 4.69) is 15.5 Å². The number of rotatable bonds is 6. The number of amides is 2. The van der Waals surface area contributed by atoms with Crippen molar-refractivity contribution in [2.75, 3.05) is 43.5 Å². The minimum atomic E-state index is -0.446. The molecule has 2 aromatic rings. The standard InChI is InChI=1S/C23H26Cl2N4O3S/c1-3-4-21(30)29-11-9-28(10-12-29)19-7-5-16(25)14-18(19)26-23(33)27-22(31)17-13-15(24)6-8-20(17)32-2/h5-8,13-14H,3-4,9-12H2,1-2H3,(H2,26,27,31,33). The number of benzene rings is 2. The van der Waals surface area contributed by atoms with Crippen LogP contribution in [0.25, 0.3) is 0 Å². The van der Waals surface area contributed by atoms with Crippen LogP contribution < -0.4 is 20.3 Å². The van der Waals surface area contributed by atoms with Gasteiger partial charge in [0.25, 0.3) is 5.91 Å². The number of piperazine rings is 1. The van der Waals surface area contributed by atoms with E-state index in [1.165, 1.54) is 13.2 Å². The summed E-state index contributed by atoms with van der Waals surface area (Å²) in [5.41, 5.74) is 1.83. The Morgan fingerprint density at radius 3 is 2.39 bits per heavy atom. The number of thiocarbonyl (C=S) groups is 1. The highest BCUT2D eigenvalue weighted by Gasteiger charge is 2.23. The maximum atomic E-state index is 12.7. The molecule has 1 fully saturated rings. The number of nitrogens with one attached hydrogen (secondary N) is 2. The van der Waals surface area contributed by atoms with E-state index >= 15 is 0 Å². The fraction of sp³-hybridized carbons (Fsp3) is 0.348. The summed E-state index contributed by atoms with van der Waals surface area (Å²) < 4.78 is 5.24. The number of nitrogens with zero attached hydrogens (tertiary/aromatic N) is 2. The highest BCUT2D eigenvalue weighted by Crippen LogP contribution is 2.30. The molecule has 0 aliphatic carbocycles. The summed E-state index contributed by atoms with van der Waals surface area (Å²) in [6.45, 7) is 4.67. The van der Waals surface area contributed by atoms with Crippen LogP contribution in [0.3, 0.4) is 0 Å². The number of anilines is 2. The van der Waals surface area contributed by atoms with Gasteiger partial charge in [-0.25, -0.2) is 0 Å². The van der Waals surface area contributed by atoms with Crippen molar-refractivity contribution < 1.29 is 14.3 Å². The Morgan fingerprint density at radius 1 is 1.06 bits per heavy atom. The molecule has 3 rings (SSSR count). The Kier molecular flexibility index (Phi) is 8.77. The van der Waals surface area contributed by atoms with E-state index in [0.29, 0.717) is 54.1 Å². The van der Waals surface area contributed by atoms with Gasteiger partial charge in [0, 0.05) is 42.6 Å². The van der Waals surface area contributed by atoms with Crippen LogP contribution in [0.5, 0.6) is 5.75 Å². The van der Waals surface area contributed by atoms with E-state index in [1.807, 2.05) is 17.9 Å². The topological polar surface area (TPSA) is 73.9 Å². The van der Waals surface area contributed by atoms with Gasteiger partial charge >= 0.3 is 0 Å². The van der Waals surface area contributed by atoms with Gasteiger partial charge in [-0.3, -0.25) is 14.9 Å². The van der Waals surface area contributed by atoms with E-state index in [9.17, 15) is 9.59 Å². The lowest BCUT2D eigenvalue weighted by Gasteiger charge is -2.37. The number of carbonyl (C=O) groups is 2. The molecule has 2 aromatic carbocycles.